The summed E-state index contributed by atoms with van der Waals surface area (Å²) in [6.45, 7) is 2.70. The number of nitrogens with zero attached hydrogens (tertiary/aromatic N) is 5. The third-order valence-electron chi connectivity index (χ3n) is 3.38. The van der Waals surface area contributed by atoms with Gasteiger partial charge in [0.2, 0.25) is 0 Å². The maximum absolute atomic E-state index is 9.43. The van der Waals surface area contributed by atoms with Gasteiger partial charge >= 0.3 is 0 Å². The molecule has 6 heteroatoms. The van der Waals surface area contributed by atoms with Crippen LogP contribution in [0.1, 0.15) is 37.5 Å². The van der Waals surface area contributed by atoms with Crippen molar-refractivity contribution in [2.45, 2.75) is 44.4 Å². The maximum atomic E-state index is 9.43. The molecule has 0 atom stereocenters. The van der Waals surface area contributed by atoms with Crippen LogP contribution in [0.3, 0.4) is 0 Å². The average molecular weight is 223 g/mol. The molecule has 2 aliphatic rings. The predicted molar refractivity (Wildman–Crippen MR) is 56.6 cm³/mol. The van der Waals surface area contributed by atoms with Gasteiger partial charge in [-0.2, -0.15) is 0 Å². The average Bonchev–Trinajstić information content (AvgIpc) is 3.03. The van der Waals surface area contributed by atoms with Crippen LogP contribution in [0.4, 0.5) is 0 Å². The van der Waals surface area contributed by atoms with Crippen LogP contribution in [0.2, 0.25) is 0 Å². The summed E-state index contributed by atoms with van der Waals surface area (Å²) in [5.41, 5.74) is 0. The SMILES string of the molecule is OC1CCN(Cc2nnnn2C2CC2)CC1. The fourth-order valence-electron chi connectivity index (χ4n) is 2.20. The molecule has 2 fully saturated rings. The molecule has 1 aliphatic heterocycles. The minimum Gasteiger partial charge on any atom is -0.393 e. The lowest BCUT2D eigenvalue weighted by Gasteiger charge is -2.28. The standard InChI is InChI=1S/C10H17N5O/c16-9-3-5-14(6-4-9)7-10-11-12-13-15(10)8-1-2-8/h8-9,16H,1-7H2. The first-order valence-electron chi connectivity index (χ1n) is 6.00. The minimum absolute atomic E-state index is 0.115. The minimum atomic E-state index is -0.115. The lowest BCUT2D eigenvalue weighted by Crippen LogP contribution is -2.36. The highest BCUT2D eigenvalue weighted by Crippen LogP contribution is 2.34. The third-order valence-corrected chi connectivity index (χ3v) is 3.38. The van der Waals surface area contributed by atoms with Gasteiger partial charge in [0, 0.05) is 13.1 Å². The lowest BCUT2D eigenvalue weighted by atomic mass is 10.1. The second-order valence-corrected chi connectivity index (χ2v) is 4.78. The van der Waals surface area contributed by atoms with E-state index in [1.165, 1.54) is 12.8 Å². The molecule has 1 aliphatic carbocycles. The van der Waals surface area contributed by atoms with Crippen molar-refractivity contribution in [3.8, 4) is 0 Å². The van der Waals surface area contributed by atoms with Gasteiger partial charge < -0.3 is 5.11 Å². The molecule has 16 heavy (non-hydrogen) atoms. The summed E-state index contributed by atoms with van der Waals surface area (Å²) >= 11 is 0. The summed E-state index contributed by atoms with van der Waals surface area (Å²) in [6, 6.07) is 0.542. The van der Waals surface area contributed by atoms with Gasteiger partial charge in [0.05, 0.1) is 18.7 Å². The summed E-state index contributed by atoms with van der Waals surface area (Å²) in [5.74, 6) is 0.971. The molecule has 2 heterocycles. The number of aliphatic hydroxyl groups excluding tert-OH is 1. The zero-order valence-corrected chi connectivity index (χ0v) is 9.29. The van der Waals surface area contributed by atoms with Crippen molar-refractivity contribution in [2.75, 3.05) is 13.1 Å². The van der Waals surface area contributed by atoms with E-state index in [-0.39, 0.29) is 6.10 Å². The van der Waals surface area contributed by atoms with E-state index < -0.39 is 0 Å². The summed E-state index contributed by atoms with van der Waals surface area (Å²) in [4.78, 5) is 2.32. The van der Waals surface area contributed by atoms with Gasteiger partial charge in [-0.25, -0.2) is 4.68 Å². The zero-order chi connectivity index (χ0) is 11.0. The van der Waals surface area contributed by atoms with Gasteiger partial charge in [-0.1, -0.05) is 0 Å². The van der Waals surface area contributed by atoms with Crippen LogP contribution in [-0.2, 0) is 6.54 Å². The number of rotatable bonds is 3. The molecule has 0 radical (unpaired) electrons. The van der Waals surface area contributed by atoms with Gasteiger partial charge in [-0.05, 0) is 36.1 Å². The molecule has 1 N–H and O–H groups in total. The number of aromatic nitrogens is 4. The first-order chi connectivity index (χ1) is 7.83. The van der Waals surface area contributed by atoms with Crippen LogP contribution in [0.15, 0.2) is 0 Å². The van der Waals surface area contributed by atoms with E-state index in [1.54, 1.807) is 0 Å². The quantitative estimate of drug-likeness (QED) is 0.779. The number of likely N-dealkylation sites (tertiary alicyclic amines) is 1. The predicted octanol–water partition coefficient (Wildman–Crippen LogP) is -0.0353. The van der Waals surface area contributed by atoms with Crippen molar-refractivity contribution < 1.29 is 5.11 Å². The Balaban J connectivity index is 1.62. The molecule has 1 aromatic rings. The molecule has 0 aromatic carbocycles. The van der Waals surface area contributed by atoms with E-state index in [0.29, 0.717) is 6.04 Å². The Morgan fingerprint density at radius 1 is 1.19 bits per heavy atom. The molecule has 88 valence electrons. The van der Waals surface area contributed by atoms with Crippen LogP contribution in [0.25, 0.3) is 0 Å². The van der Waals surface area contributed by atoms with E-state index in [4.69, 9.17) is 0 Å². The van der Waals surface area contributed by atoms with Crippen LogP contribution >= 0.6 is 0 Å². The van der Waals surface area contributed by atoms with Gasteiger partial charge in [-0.3, -0.25) is 4.90 Å². The fraction of sp³-hybridized carbons (Fsp3) is 0.900. The highest BCUT2D eigenvalue weighted by molar-refractivity contribution is 4.90. The molecule has 0 unspecified atom stereocenters. The number of tetrazole rings is 1. The molecular weight excluding hydrogens is 206 g/mol. The highest BCUT2D eigenvalue weighted by Gasteiger charge is 2.28. The van der Waals surface area contributed by atoms with Crippen LogP contribution < -0.4 is 0 Å². The maximum Gasteiger partial charge on any atom is 0.165 e. The number of hydrogen-bond acceptors (Lipinski definition) is 5. The molecule has 0 bridgehead atoms. The summed E-state index contributed by atoms with van der Waals surface area (Å²) in [6.07, 6.45) is 4.03. The fourth-order valence-corrected chi connectivity index (χ4v) is 2.20. The summed E-state index contributed by atoms with van der Waals surface area (Å²) in [5, 5.41) is 21.3. The van der Waals surface area contributed by atoms with Crippen molar-refractivity contribution in [1.29, 1.82) is 0 Å². The van der Waals surface area contributed by atoms with E-state index in [9.17, 15) is 5.11 Å². The van der Waals surface area contributed by atoms with Gasteiger partial charge in [0.25, 0.3) is 0 Å². The molecular formula is C10H17N5O. The summed E-state index contributed by atoms with van der Waals surface area (Å²) in [7, 11) is 0. The Morgan fingerprint density at radius 3 is 2.62 bits per heavy atom. The normalized spacial score (nSPS) is 23.8. The zero-order valence-electron chi connectivity index (χ0n) is 9.29. The Hall–Kier alpha value is -1.01. The van der Waals surface area contributed by atoms with E-state index in [2.05, 4.69) is 20.4 Å². The Morgan fingerprint density at radius 2 is 1.94 bits per heavy atom. The van der Waals surface area contributed by atoms with E-state index in [1.807, 2.05) is 4.68 Å². The lowest BCUT2D eigenvalue weighted by molar-refractivity contribution is 0.0773. The van der Waals surface area contributed by atoms with Crippen molar-refractivity contribution in [2.24, 2.45) is 0 Å². The number of hydrogen-bond donors (Lipinski definition) is 1. The van der Waals surface area contributed by atoms with Gasteiger partial charge in [0.1, 0.15) is 0 Å². The number of aliphatic hydroxyl groups is 1. The first-order valence-corrected chi connectivity index (χ1v) is 6.00. The molecule has 3 rings (SSSR count). The Bertz CT molecular complexity index is 354. The van der Waals surface area contributed by atoms with Crippen LogP contribution in [-0.4, -0.2) is 49.4 Å². The van der Waals surface area contributed by atoms with Crippen LogP contribution in [0, 0.1) is 0 Å². The van der Waals surface area contributed by atoms with Gasteiger partial charge in [-0.15, -0.1) is 5.10 Å². The second-order valence-electron chi connectivity index (χ2n) is 4.78. The van der Waals surface area contributed by atoms with Crippen molar-refractivity contribution >= 4 is 0 Å². The third kappa shape index (κ3) is 2.08. The largest absolute Gasteiger partial charge is 0.393 e. The van der Waals surface area contributed by atoms with Crippen LogP contribution in [0.5, 0.6) is 0 Å². The molecule has 0 spiro atoms. The Kier molecular flexibility index (Phi) is 2.61. The van der Waals surface area contributed by atoms with Crippen molar-refractivity contribution in [1.82, 2.24) is 25.1 Å². The molecule has 1 aromatic heterocycles. The molecule has 1 saturated carbocycles. The highest BCUT2D eigenvalue weighted by atomic mass is 16.3. The molecule has 6 nitrogen and oxygen atoms in total. The molecule has 0 amide bonds. The monoisotopic (exact) mass is 223 g/mol. The molecule has 1 saturated heterocycles. The van der Waals surface area contributed by atoms with Crippen molar-refractivity contribution in [3.63, 3.8) is 0 Å². The summed E-state index contributed by atoms with van der Waals surface area (Å²) < 4.78 is 1.96. The van der Waals surface area contributed by atoms with Crippen molar-refractivity contribution in [3.05, 3.63) is 5.82 Å². The smallest absolute Gasteiger partial charge is 0.165 e. The Labute approximate surface area is 94.2 Å². The second kappa shape index (κ2) is 4.10. The van der Waals surface area contributed by atoms with E-state index >= 15 is 0 Å². The first kappa shape index (κ1) is 10.2. The van der Waals surface area contributed by atoms with E-state index in [0.717, 1.165) is 38.3 Å². The number of piperidine rings is 1. The van der Waals surface area contributed by atoms with Gasteiger partial charge in [0.15, 0.2) is 5.82 Å². The topological polar surface area (TPSA) is 67.1 Å².